The van der Waals surface area contributed by atoms with Crippen molar-refractivity contribution < 1.29 is 28.3 Å². The fourth-order valence-corrected chi connectivity index (χ4v) is 2.67. The third kappa shape index (κ3) is 4.01. The van der Waals surface area contributed by atoms with E-state index in [2.05, 4.69) is 0 Å². The summed E-state index contributed by atoms with van der Waals surface area (Å²) in [6, 6.07) is 7.50. The van der Waals surface area contributed by atoms with Gasteiger partial charge in [0.25, 0.3) is 11.8 Å². The molecule has 1 aromatic carbocycles. The van der Waals surface area contributed by atoms with Gasteiger partial charge in [0, 0.05) is 5.56 Å². The maximum atomic E-state index is 12.0. The van der Waals surface area contributed by atoms with Crippen LogP contribution >= 0.6 is 0 Å². The summed E-state index contributed by atoms with van der Waals surface area (Å²) in [6.07, 6.45) is 1.04. The molecule has 4 amide bonds. The van der Waals surface area contributed by atoms with Crippen LogP contribution in [0.5, 0.6) is 0 Å². The van der Waals surface area contributed by atoms with E-state index in [1.807, 2.05) is 17.6 Å². The number of rotatable bonds is 4. The van der Waals surface area contributed by atoms with Crippen molar-refractivity contribution in [2.24, 2.45) is 0 Å². The molecule has 28 heavy (non-hydrogen) atoms. The molecule has 1 aromatic heterocycles. The second kappa shape index (κ2) is 7.51. The van der Waals surface area contributed by atoms with Crippen LogP contribution in [0.15, 0.2) is 40.3 Å². The van der Waals surface area contributed by atoms with Crippen LogP contribution in [-0.4, -0.2) is 29.9 Å². The summed E-state index contributed by atoms with van der Waals surface area (Å²) in [4.78, 5) is 46.7. The van der Waals surface area contributed by atoms with Gasteiger partial charge in [-0.25, -0.2) is 9.59 Å². The van der Waals surface area contributed by atoms with E-state index in [4.69, 9.17) is 9.15 Å². The Morgan fingerprint density at radius 3 is 2.36 bits per heavy atom. The number of furan rings is 1. The highest BCUT2D eigenvalue weighted by Crippen LogP contribution is 2.27. The summed E-state index contributed by atoms with van der Waals surface area (Å²) in [5, 5.41) is 3.99. The Hall–Kier alpha value is -3.68. The second-order valence-corrected chi connectivity index (χ2v) is 6.48. The first-order chi connectivity index (χ1) is 13.2. The number of carbonyl (C=O) groups excluding carboxylic acids is 4. The van der Waals surface area contributed by atoms with Crippen molar-refractivity contribution in [2.75, 3.05) is 0 Å². The number of nitrogens with one attached hydrogen (secondary N) is 2. The first-order valence-electron chi connectivity index (χ1n) is 8.55. The number of carbonyl (C=O) groups is 4. The van der Waals surface area contributed by atoms with Crippen molar-refractivity contribution in [3.8, 4) is 11.3 Å². The van der Waals surface area contributed by atoms with Crippen molar-refractivity contribution >= 4 is 29.9 Å². The molecule has 144 valence electrons. The van der Waals surface area contributed by atoms with Crippen LogP contribution in [0.3, 0.4) is 0 Å². The molecular formula is C20H18N2O6. The van der Waals surface area contributed by atoms with Crippen molar-refractivity contribution in [1.82, 2.24) is 10.6 Å². The summed E-state index contributed by atoms with van der Waals surface area (Å²) in [5.74, 6) is -1.22. The van der Waals surface area contributed by atoms with Gasteiger partial charge in [-0.1, -0.05) is 6.07 Å². The average molecular weight is 382 g/mol. The van der Waals surface area contributed by atoms with Gasteiger partial charge in [0.15, 0.2) is 0 Å². The van der Waals surface area contributed by atoms with Gasteiger partial charge in [-0.3, -0.25) is 20.2 Å². The smallest absolute Gasteiger partial charge is 0.338 e. The highest BCUT2D eigenvalue weighted by Gasteiger charge is 2.28. The molecule has 0 unspecified atom stereocenters. The number of imide groups is 2. The standard InChI is InChI=1S/C20H18N2O6/c1-10(2)27-19(25)12-4-6-14(11(3)8-12)16-7-5-13(28-16)9-15-17(23)21-20(26)22-18(15)24/h4-10H,1-3H3,(H2,21,22,23,24,26). The SMILES string of the molecule is Cc1cc(C(=O)OC(C)C)ccc1-c1ccc(C=C2C(=O)NC(=O)NC2=O)o1. The van der Waals surface area contributed by atoms with Crippen LogP contribution in [0, 0.1) is 6.92 Å². The summed E-state index contributed by atoms with van der Waals surface area (Å²) in [5.41, 5.74) is 1.75. The number of aryl methyl sites for hydroxylation is 1. The summed E-state index contributed by atoms with van der Waals surface area (Å²) in [7, 11) is 0. The molecule has 0 aliphatic carbocycles. The van der Waals surface area contributed by atoms with Crippen molar-refractivity contribution in [3.05, 3.63) is 52.8 Å². The van der Waals surface area contributed by atoms with E-state index in [1.165, 1.54) is 6.08 Å². The van der Waals surface area contributed by atoms with E-state index in [-0.39, 0.29) is 17.4 Å². The van der Waals surface area contributed by atoms with Crippen molar-refractivity contribution in [3.63, 3.8) is 0 Å². The topological polar surface area (TPSA) is 115 Å². The Morgan fingerprint density at radius 1 is 1.07 bits per heavy atom. The van der Waals surface area contributed by atoms with Crippen molar-refractivity contribution in [2.45, 2.75) is 26.9 Å². The second-order valence-electron chi connectivity index (χ2n) is 6.48. The van der Waals surface area contributed by atoms with Gasteiger partial charge < -0.3 is 9.15 Å². The number of benzene rings is 1. The normalized spacial score (nSPS) is 14.0. The molecule has 2 aromatic rings. The first kappa shape index (κ1) is 19.1. The lowest BCUT2D eigenvalue weighted by Gasteiger charge is -2.13. The summed E-state index contributed by atoms with van der Waals surface area (Å²) < 4.78 is 10.9. The molecule has 2 heterocycles. The molecule has 1 aliphatic rings. The van der Waals surface area contributed by atoms with Crippen molar-refractivity contribution in [1.29, 1.82) is 0 Å². The van der Waals surface area contributed by atoms with Gasteiger partial charge >= 0.3 is 12.0 Å². The highest BCUT2D eigenvalue weighted by molar-refractivity contribution is 6.31. The Bertz CT molecular complexity index is 993. The number of urea groups is 1. The highest BCUT2D eigenvalue weighted by atomic mass is 16.5. The van der Waals surface area contributed by atoms with Crippen LogP contribution in [0.25, 0.3) is 17.4 Å². The molecule has 8 heteroatoms. The minimum absolute atomic E-state index is 0.211. The minimum Gasteiger partial charge on any atom is -0.459 e. The third-order valence-corrected chi connectivity index (χ3v) is 3.93. The van der Waals surface area contributed by atoms with E-state index in [0.29, 0.717) is 11.3 Å². The zero-order valence-electron chi connectivity index (χ0n) is 15.5. The van der Waals surface area contributed by atoms with Crippen LogP contribution in [0.1, 0.15) is 35.5 Å². The maximum Gasteiger partial charge on any atom is 0.338 e. The number of hydrogen-bond acceptors (Lipinski definition) is 6. The van der Waals surface area contributed by atoms with Gasteiger partial charge in [-0.05, 0) is 56.7 Å². The van der Waals surface area contributed by atoms with Crippen LogP contribution in [-0.2, 0) is 14.3 Å². The Balaban J connectivity index is 1.85. The molecular weight excluding hydrogens is 364 g/mol. The molecule has 0 spiro atoms. The number of amides is 4. The van der Waals surface area contributed by atoms with E-state index >= 15 is 0 Å². The predicted octanol–water partition coefficient (Wildman–Crippen LogP) is 2.57. The van der Waals surface area contributed by atoms with E-state index in [1.54, 1.807) is 44.2 Å². The Morgan fingerprint density at radius 2 is 1.75 bits per heavy atom. The largest absolute Gasteiger partial charge is 0.459 e. The minimum atomic E-state index is -0.862. The molecule has 1 fully saturated rings. The number of ether oxygens (including phenoxy) is 1. The zero-order valence-corrected chi connectivity index (χ0v) is 15.5. The quantitative estimate of drug-likeness (QED) is 0.477. The average Bonchev–Trinajstić information content (AvgIpc) is 3.05. The number of hydrogen-bond donors (Lipinski definition) is 2. The van der Waals surface area contributed by atoms with Gasteiger partial charge in [0.05, 0.1) is 11.7 Å². The summed E-state index contributed by atoms with van der Waals surface area (Å²) in [6.45, 7) is 5.39. The molecule has 0 bridgehead atoms. The monoisotopic (exact) mass is 382 g/mol. The third-order valence-electron chi connectivity index (χ3n) is 3.93. The fourth-order valence-electron chi connectivity index (χ4n) is 2.67. The number of esters is 1. The first-order valence-corrected chi connectivity index (χ1v) is 8.55. The molecule has 3 rings (SSSR count). The molecule has 8 nitrogen and oxygen atoms in total. The van der Waals surface area contributed by atoms with Crippen LogP contribution in [0.2, 0.25) is 0 Å². The van der Waals surface area contributed by atoms with E-state index in [0.717, 1.165) is 11.1 Å². The van der Waals surface area contributed by atoms with Crippen LogP contribution in [0.4, 0.5) is 4.79 Å². The lowest BCUT2D eigenvalue weighted by molar-refractivity contribution is -0.123. The molecule has 1 saturated heterocycles. The molecule has 1 aliphatic heterocycles. The molecule has 0 radical (unpaired) electrons. The predicted molar refractivity (Wildman–Crippen MR) is 99.1 cm³/mol. The lowest BCUT2D eigenvalue weighted by Crippen LogP contribution is -2.51. The Labute approximate surface area is 160 Å². The Kier molecular flexibility index (Phi) is 5.12. The van der Waals surface area contributed by atoms with Crippen LogP contribution < -0.4 is 10.6 Å². The fraction of sp³-hybridized carbons (Fsp3) is 0.200. The van der Waals surface area contributed by atoms with E-state index < -0.39 is 23.8 Å². The molecule has 2 N–H and O–H groups in total. The zero-order chi connectivity index (χ0) is 20.4. The van der Waals surface area contributed by atoms with E-state index in [9.17, 15) is 19.2 Å². The van der Waals surface area contributed by atoms with Gasteiger partial charge in [0.1, 0.15) is 17.1 Å². The maximum absolute atomic E-state index is 12.0. The summed E-state index contributed by atoms with van der Waals surface area (Å²) >= 11 is 0. The van der Waals surface area contributed by atoms with Gasteiger partial charge in [-0.2, -0.15) is 0 Å². The molecule has 0 atom stereocenters. The number of barbiturate groups is 1. The van der Waals surface area contributed by atoms with Gasteiger partial charge in [0.2, 0.25) is 0 Å². The molecule has 0 saturated carbocycles. The lowest BCUT2D eigenvalue weighted by atomic mass is 10.0. The van der Waals surface area contributed by atoms with Gasteiger partial charge in [-0.15, -0.1) is 0 Å².